The molecule has 1 fully saturated rings. The number of ether oxygens (including phenoxy) is 2. The second-order valence-corrected chi connectivity index (χ2v) is 5.40. The highest BCUT2D eigenvalue weighted by Crippen LogP contribution is 2.47. The first-order valence-electron chi connectivity index (χ1n) is 7.21. The summed E-state index contributed by atoms with van der Waals surface area (Å²) >= 11 is 0. The van der Waals surface area contributed by atoms with Crippen LogP contribution in [-0.2, 0) is 14.9 Å². The Balaban J connectivity index is 2.14. The second kappa shape index (κ2) is 7.29. The highest BCUT2D eigenvalue weighted by molar-refractivity contribution is 5.84. The van der Waals surface area contributed by atoms with Gasteiger partial charge < -0.3 is 19.9 Å². The van der Waals surface area contributed by atoms with E-state index in [1.54, 1.807) is 6.07 Å². The average molecular weight is 341 g/mol. The van der Waals surface area contributed by atoms with Crippen molar-refractivity contribution in [2.24, 2.45) is 0 Å². The molecule has 130 valence electrons. The fourth-order valence-corrected chi connectivity index (χ4v) is 2.80. The third-order valence-corrected chi connectivity index (χ3v) is 3.87. The molecule has 0 aliphatic heterocycles. The fraction of sp³-hybridized carbons (Fsp3) is 0.375. The van der Waals surface area contributed by atoms with Crippen molar-refractivity contribution in [3.05, 3.63) is 42.5 Å². The molecule has 8 heteroatoms. The number of carboxylic acids is 1. The summed E-state index contributed by atoms with van der Waals surface area (Å²) in [6.07, 6.45) is 0.820. The molecule has 2 N–H and O–H groups in total. The van der Waals surface area contributed by atoms with Crippen molar-refractivity contribution in [3.63, 3.8) is 0 Å². The molecule has 0 bridgehead atoms. The number of alkyl carbamates (subject to hydrolysis) is 1. The molecule has 0 saturated heterocycles. The lowest BCUT2D eigenvalue weighted by Crippen LogP contribution is -2.57. The molecule has 1 aromatic rings. The van der Waals surface area contributed by atoms with E-state index in [9.17, 15) is 23.5 Å². The average Bonchev–Trinajstić information content (AvgIpc) is 2.48. The van der Waals surface area contributed by atoms with E-state index < -0.39 is 30.1 Å². The number of hydrogen-bond donors (Lipinski definition) is 2. The van der Waals surface area contributed by atoms with Crippen LogP contribution in [0.5, 0.6) is 5.75 Å². The number of carbonyl (C=O) groups is 2. The molecule has 6 nitrogen and oxygen atoms in total. The minimum absolute atomic E-state index is 0.0354. The van der Waals surface area contributed by atoms with Crippen LogP contribution in [-0.4, -0.2) is 36.4 Å². The van der Waals surface area contributed by atoms with Crippen LogP contribution in [0.3, 0.4) is 0 Å². The molecule has 0 atom stereocenters. The first-order chi connectivity index (χ1) is 11.4. The Morgan fingerprint density at radius 2 is 2.08 bits per heavy atom. The molecule has 0 unspecified atom stereocenters. The summed E-state index contributed by atoms with van der Waals surface area (Å²) in [5.41, 5.74) is -1.22. The summed E-state index contributed by atoms with van der Waals surface area (Å²) in [6.45, 7) is 0.387. The van der Waals surface area contributed by atoms with Gasteiger partial charge >= 0.3 is 18.7 Å². The molecule has 0 spiro atoms. The number of carbonyl (C=O) groups excluding carboxylic acids is 1. The predicted molar refractivity (Wildman–Crippen MR) is 80.1 cm³/mol. The number of amides is 1. The van der Waals surface area contributed by atoms with Crippen LogP contribution in [0.4, 0.5) is 13.6 Å². The van der Waals surface area contributed by atoms with Crippen LogP contribution < -0.4 is 10.1 Å². The third-order valence-electron chi connectivity index (χ3n) is 3.87. The van der Waals surface area contributed by atoms with E-state index in [0.29, 0.717) is 0 Å². The quantitative estimate of drug-likeness (QED) is 0.745. The smallest absolute Gasteiger partial charge is 0.407 e. The van der Waals surface area contributed by atoms with Gasteiger partial charge in [-0.25, -0.2) is 4.79 Å². The predicted octanol–water partition coefficient (Wildman–Crippen LogP) is 2.69. The van der Waals surface area contributed by atoms with Gasteiger partial charge in [-0.1, -0.05) is 30.9 Å². The van der Waals surface area contributed by atoms with Crippen LogP contribution in [0.1, 0.15) is 18.4 Å². The van der Waals surface area contributed by atoms with Gasteiger partial charge in [0.05, 0.1) is 0 Å². The SMILES string of the molecule is C=CCOC(=O)NC1CC(C(=O)O)(c2ccccc2OC(F)F)C1. The lowest BCUT2D eigenvalue weighted by Gasteiger charge is -2.45. The van der Waals surface area contributed by atoms with Gasteiger partial charge in [-0.05, 0) is 18.9 Å². The van der Waals surface area contributed by atoms with E-state index in [1.165, 1.54) is 24.3 Å². The Morgan fingerprint density at radius 1 is 1.42 bits per heavy atom. The molecular weight excluding hydrogens is 324 g/mol. The third kappa shape index (κ3) is 3.64. The number of aliphatic carboxylic acids is 1. The van der Waals surface area contributed by atoms with E-state index in [0.717, 1.165) is 0 Å². The maximum Gasteiger partial charge on any atom is 0.407 e. The van der Waals surface area contributed by atoms with Crippen molar-refractivity contribution in [2.45, 2.75) is 30.9 Å². The number of halogens is 2. The Labute approximate surface area is 137 Å². The van der Waals surface area contributed by atoms with Crippen molar-refractivity contribution in [3.8, 4) is 5.75 Å². The Kier molecular flexibility index (Phi) is 5.38. The zero-order chi connectivity index (χ0) is 17.7. The topological polar surface area (TPSA) is 84.9 Å². The Bertz CT molecular complexity index is 629. The van der Waals surface area contributed by atoms with Crippen molar-refractivity contribution in [1.82, 2.24) is 5.32 Å². The first-order valence-corrected chi connectivity index (χ1v) is 7.21. The van der Waals surface area contributed by atoms with Crippen molar-refractivity contribution >= 4 is 12.1 Å². The summed E-state index contributed by atoms with van der Waals surface area (Å²) < 4.78 is 34.3. The number of alkyl halides is 2. The minimum atomic E-state index is -3.06. The number of nitrogens with one attached hydrogen (secondary N) is 1. The van der Waals surface area contributed by atoms with Crippen LogP contribution >= 0.6 is 0 Å². The summed E-state index contributed by atoms with van der Waals surface area (Å²) in [5.74, 6) is -1.34. The molecular formula is C16H17F2NO5. The molecule has 24 heavy (non-hydrogen) atoms. The Hall–Kier alpha value is -2.64. The van der Waals surface area contributed by atoms with E-state index in [4.69, 9.17) is 4.74 Å². The summed E-state index contributed by atoms with van der Waals surface area (Å²) in [7, 11) is 0. The lowest BCUT2D eigenvalue weighted by atomic mass is 9.61. The maximum atomic E-state index is 12.5. The summed E-state index contributed by atoms with van der Waals surface area (Å²) in [5, 5.41) is 12.1. The van der Waals surface area contributed by atoms with Gasteiger partial charge in [0, 0.05) is 11.6 Å². The van der Waals surface area contributed by atoms with Gasteiger partial charge in [0.15, 0.2) is 0 Å². The summed E-state index contributed by atoms with van der Waals surface area (Å²) in [6, 6.07) is 5.34. The van der Waals surface area contributed by atoms with Crippen LogP contribution in [0.25, 0.3) is 0 Å². The largest absolute Gasteiger partial charge is 0.481 e. The van der Waals surface area contributed by atoms with Crippen LogP contribution in [0.2, 0.25) is 0 Å². The van der Waals surface area contributed by atoms with Crippen LogP contribution in [0, 0.1) is 0 Å². The number of benzene rings is 1. The van der Waals surface area contributed by atoms with Crippen LogP contribution in [0.15, 0.2) is 36.9 Å². The molecule has 1 amide bonds. The molecule has 1 aliphatic carbocycles. The van der Waals surface area contributed by atoms with E-state index in [1.807, 2.05) is 0 Å². The van der Waals surface area contributed by atoms with Gasteiger partial charge in [0.2, 0.25) is 0 Å². The number of rotatable bonds is 7. The van der Waals surface area contributed by atoms with Gasteiger partial charge in [-0.15, -0.1) is 0 Å². The molecule has 0 aromatic heterocycles. The highest BCUT2D eigenvalue weighted by Gasteiger charge is 2.53. The van der Waals surface area contributed by atoms with E-state index in [2.05, 4.69) is 16.6 Å². The molecule has 1 saturated carbocycles. The zero-order valence-corrected chi connectivity index (χ0v) is 12.7. The standard InChI is InChI=1S/C16H17F2NO5/c1-2-7-23-15(22)19-10-8-16(9-10,13(20)21)11-5-3-4-6-12(11)24-14(17)18/h2-6,10,14H,1,7-9H2,(H,19,22)(H,20,21). The minimum Gasteiger partial charge on any atom is -0.481 e. The van der Waals surface area contributed by atoms with Gasteiger partial charge in [0.1, 0.15) is 17.8 Å². The number of hydrogen-bond acceptors (Lipinski definition) is 4. The van der Waals surface area contributed by atoms with Gasteiger partial charge in [0.25, 0.3) is 0 Å². The van der Waals surface area contributed by atoms with Crippen molar-refractivity contribution < 1.29 is 33.0 Å². The Morgan fingerprint density at radius 3 is 2.67 bits per heavy atom. The number of carboxylic acid groups (broad SMARTS) is 1. The zero-order valence-electron chi connectivity index (χ0n) is 12.7. The van der Waals surface area contributed by atoms with Gasteiger partial charge in [-0.3, -0.25) is 4.79 Å². The molecule has 0 heterocycles. The second-order valence-electron chi connectivity index (χ2n) is 5.40. The first kappa shape index (κ1) is 17.7. The fourth-order valence-electron chi connectivity index (χ4n) is 2.80. The van der Waals surface area contributed by atoms with Crippen molar-refractivity contribution in [1.29, 1.82) is 0 Å². The normalized spacial score (nSPS) is 22.4. The molecule has 1 aliphatic rings. The monoisotopic (exact) mass is 341 g/mol. The molecule has 2 rings (SSSR count). The maximum absolute atomic E-state index is 12.5. The molecule has 0 radical (unpaired) electrons. The lowest BCUT2D eigenvalue weighted by molar-refractivity contribution is -0.149. The van der Waals surface area contributed by atoms with Crippen molar-refractivity contribution in [2.75, 3.05) is 6.61 Å². The van der Waals surface area contributed by atoms with Gasteiger partial charge in [-0.2, -0.15) is 8.78 Å². The number of para-hydroxylation sites is 1. The summed E-state index contributed by atoms with van der Waals surface area (Å²) in [4.78, 5) is 23.2. The molecule has 1 aromatic carbocycles. The van der Waals surface area contributed by atoms with E-state index >= 15 is 0 Å². The van der Waals surface area contributed by atoms with E-state index in [-0.39, 0.29) is 30.8 Å². The highest BCUT2D eigenvalue weighted by atomic mass is 19.3.